The van der Waals surface area contributed by atoms with E-state index in [1.54, 1.807) is 18.0 Å². The molecule has 0 bridgehead atoms. The van der Waals surface area contributed by atoms with E-state index in [1.165, 1.54) is 0 Å². The van der Waals surface area contributed by atoms with E-state index < -0.39 is 0 Å². The van der Waals surface area contributed by atoms with Crippen molar-refractivity contribution in [2.75, 3.05) is 5.43 Å². The summed E-state index contributed by atoms with van der Waals surface area (Å²) in [6.45, 7) is 0.357. The Morgan fingerprint density at radius 1 is 1.19 bits per heavy atom. The Morgan fingerprint density at radius 3 is 2.90 bits per heavy atom. The summed E-state index contributed by atoms with van der Waals surface area (Å²) in [6.07, 6.45) is 1.66. The van der Waals surface area contributed by atoms with Crippen LogP contribution in [0.4, 0.5) is 0 Å². The van der Waals surface area contributed by atoms with Crippen molar-refractivity contribution in [3.63, 3.8) is 0 Å². The first-order chi connectivity index (χ1) is 10.4. The van der Waals surface area contributed by atoms with Gasteiger partial charge in [0.2, 0.25) is 5.16 Å². The predicted octanol–water partition coefficient (Wildman–Crippen LogP) is 2.80. The lowest BCUT2D eigenvalue weighted by atomic mass is 10.3. The van der Waals surface area contributed by atoms with Crippen molar-refractivity contribution in [1.82, 2.24) is 14.9 Å². The summed E-state index contributed by atoms with van der Waals surface area (Å²) < 4.78 is 13.0. The molecule has 1 N–H and O–H groups in total. The van der Waals surface area contributed by atoms with Crippen molar-refractivity contribution in [3.8, 4) is 5.75 Å². The Morgan fingerprint density at radius 2 is 2.10 bits per heavy atom. The average molecular weight is 300 g/mol. The topological polar surface area (TPSA) is 65.1 Å². The Balaban J connectivity index is 1.48. The number of nitrogens with one attached hydrogen (secondary N) is 1. The summed E-state index contributed by atoms with van der Waals surface area (Å²) in [4.78, 5) is 0. The first-order valence-electron chi connectivity index (χ1n) is 6.49. The molecular formula is C14H12N4O2S. The maximum atomic E-state index is 5.71. The fourth-order valence-electron chi connectivity index (χ4n) is 2.08. The fourth-order valence-corrected chi connectivity index (χ4v) is 3.05. The molecule has 1 aliphatic rings. The second kappa shape index (κ2) is 5.17. The number of thioether (sulfide) groups is 1. The minimum Gasteiger partial charge on any atom is -0.486 e. The van der Waals surface area contributed by atoms with E-state index in [1.807, 2.05) is 47.1 Å². The van der Waals surface area contributed by atoms with Crippen LogP contribution in [-0.4, -0.2) is 14.9 Å². The number of fused-ring (bicyclic) bond motifs is 1. The van der Waals surface area contributed by atoms with Gasteiger partial charge in [-0.15, -0.1) is 10.2 Å². The van der Waals surface area contributed by atoms with Gasteiger partial charge >= 0.3 is 0 Å². The summed E-state index contributed by atoms with van der Waals surface area (Å²) in [6, 6.07) is 13.5. The highest BCUT2D eigenvalue weighted by Gasteiger charge is 2.29. The van der Waals surface area contributed by atoms with Gasteiger partial charge in [0.15, 0.2) is 11.2 Å². The van der Waals surface area contributed by atoms with Crippen molar-refractivity contribution in [2.45, 2.75) is 17.1 Å². The molecule has 0 saturated carbocycles. The molecule has 0 radical (unpaired) electrons. The monoisotopic (exact) mass is 300 g/mol. The summed E-state index contributed by atoms with van der Waals surface area (Å²) in [5.41, 5.74) is 3.30. The van der Waals surface area contributed by atoms with E-state index in [0.717, 1.165) is 22.5 Å². The van der Waals surface area contributed by atoms with Gasteiger partial charge in [0.25, 0.3) is 0 Å². The van der Waals surface area contributed by atoms with Crippen molar-refractivity contribution < 1.29 is 9.15 Å². The number of hydrogen-bond donors (Lipinski definition) is 1. The third-order valence-corrected chi connectivity index (χ3v) is 4.13. The van der Waals surface area contributed by atoms with Crippen LogP contribution in [0.15, 0.2) is 58.3 Å². The van der Waals surface area contributed by atoms with Crippen LogP contribution >= 0.6 is 11.8 Å². The summed E-state index contributed by atoms with van der Waals surface area (Å²) in [5, 5.41) is 9.13. The molecule has 2 aromatic heterocycles. The molecule has 106 valence electrons. The van der Waals surface area contributed by atoms with Crippen LogP contribution in [0.25, 0.3) is 0 Å². The van der Waals surface area contributed by atoms with Crippen molar-refractivity contribution in [1.29, 1.82) is 0 Å². The zero-order chi connectivity index (χ0) is 14.1. The molecule has 0 unspecified atom stereocenters. The molecular weight excluding hydrogens is 288 g/mol. The third kappa shape index (κ3) is 2.36. The SMILES string of the molecule is c1ccc(OCc2nnc3n2N[C@@H](c2ccco2)S3)cc1. The van der Waals surface area contributed by atoms with Gasteiger partial charge in [0, 0.05) is 0 Å². The maximum absolute atomic E-state index is 5.71. The standard InChI is InChI=1S/C14H12N4O2S/c1-2-5-10(6-3-1)20-9-12-15-16-14-18(12)17-13(21-14)11-7-4-8-19-11/h1-8,13,17H,9H2/t13-/m1/s1. The van der Waals surface area contributed by atoms with Crippen molar-refractivity contribution >= 4 is 11.8 Å². The molecule has 0 saturated heterocycles. The Kier molecular flexibility index (Phi) is 3.04. The highest BCUT2D eigenvalue weighted by atomic mass is 32.2. The first kappa shape index (κ1) is 12.3. The summed E-state index contributed by atoms with van der Waals surface area (Å²) >= 11 is 1.57. The van der Waals surface area contributed by atoms with E-state index in [9.17, 15) is 0 Å². The van der Waals surface area contributed by atoms with E-state index in [-0.39, 0.29) is 5.37 Å². The molecule has 1 aliphatic heterocycles. The molecule has 1 atom stereocenters. The van der Waals surface area contributed by atoms with Gasteiger partial charge in [-0.05, 0) is 36.0 Å². The molecule has 0 amide bonds. The summed E-state index contributed by atoms with van der Waals surface area (Å²) in [7, 11) is 0. The molecule has 21 heavy (non-hydrogen) atoms. The Hall–Kier alpha value is -2.41. The molecule has 0 aliphatic carbocycles. The maximum Gasteiger partial charge on any atom is 0.212 e. The fraction of sp³-hybridized carbons (Fsp3) is 0.143. The molecule has 4 rings (SSSR count). The first-order valence-corrected chi connectivity index (χ1v) is 7.37. The number of benzene rings is 1. The zero-order valence-electron chi connectivity index (χ0n) is 11.0. The quantitative estimate of drug-likeness (QED) is 0.799. The molecule has 3 heterocycles. The number of rotatable bonds is 4. The Labute approximate surface area is 125 Å². The molecule has 1 aromatic carbocycles. The second-order valence-corrected chi connectivity index (χ2v) is 5.55. The molecule has 3 aromatic rings. The van der Waals surface area contributed by atoms with Crippen LogP contribution in [-0.2, 0) is 6.61 Å². The van der Waals surface area contributed by atoms with Crippen LogP contribution in [0.1, 0.15) is 17.0 Å². The molecule has 6 nitrogen and oxygen atoms in total. The third-order valence-electron chi connectivity index (χ3n) is 3.08. The van der Waals surface area contributed by atoms with E-state index in [2.05, 4.69) is 15.6 Å². The molecule has 7 heteroatoms. The molecule has 0 fully saturated rings. The minimum absolute atomic E-state index is 0.0148. The van der Waals surface area contributed by atoms with Gasteiger partial charge in [0.05, 0.1) is 6.26 Å². The highest BCUT2D eigenvalue weighted by Crippen LogP contribution is 2.38. The number of para-hydroxylation sites is 1. The zero-order valence-corrected chi connectivity index (χ0v) is 11.8. The number of nitrogens with zero attached hydrogens (tertiary/aromatic N) is 3. The van der Waals surface area contributed by atoms with E-state index >= 15 is 0 Å². The van der Waals surface area contributed by atoms with Gasteiger partial charge in [0.1, 0.15) is 18.1 Å². The largest absolute Gasteiger partial charge is 0.486 e. The van der Waals surface area contributed by atoms with Crippen LogP contribution in [0.5, 0.6) is 5.75 Å². The van der Waals surface area contributed by atoms with E-state index in [4.69, 9.17) is 9.15 Å². The second-order valence-electron chi connectivity index (χ2n) is 4.48. The highest BCUT2D eigenvalue weighted by molar-refractivity contribution is 7.99. The lowest BCUT2D eigenvalue weighted by molar-refractivity contribution is 0.290. The van der Waals surface area contributed by atoms with Crippen LogP contribution in [0.2, 0.25) is 0 Å². The van der Waals surface area contributed by atoms with Gasteiger partial charge in [-0.3, -0.25) is 0 Å². The average Bonchev–Trinajstić information content (AvgIpc) is 3.23. The molecule has 0 spiro atoms. The summed E-state index contributed by atoms with van der Waals surface area (Å²) in [5.74, 6) is 2.40. The van der Waals surface area contributed by atoms with Crippen molar-refractivity contribution in [2.24, 2.45) is 0 Å². The number of ether oxygens (including phenoxy) is 1. The lowest BCUT2D eigenvalue weighted by Crippen LogP contribution is -2.16. The van der Waals surface area contributed by atoms with Crippen molar-refractivity contribution in [3.05, 3.63) is 60.3 Å². The van der Waals surface area contributed by atoms with Gasteiger partial charge in [-0.25, -0.2) is 4.68 Å². The Bertz CT molecular complexity index is 727. The predicted molar refractivity (Wildman–Crippen MR) is 77.5 cm³/mol. The van der Waals surface area contributed by atoms with Gasteiger partial charge in [-0.1, -0.05) is 18.2 Å². The minimum atomic E-state index is 0.0148. The lowest BCUT2D eigenvalue weighted by Gasteiger charge is -2.10. The number of furan rings is 1. The number of aromatic nitrogens is 3. The van der Waals surface area contributed by atoms with E-state index in [0.29, 0.717) is 6.61 Å². The van der Waals surface area contributed by atoms with Gasteiger partial charge < -0.3 is 14.6 Å². The number of hydrogen-bond acceptors (Lipinski definition) is 6. The van der Waals surface area contributed by atoms with Crippen LogP contribution < -0.4 is 10.2 Å². The smallest absolute Gasteiger partial charge is 0.212 e. The van der Waals surface area contributed by atoms with Crippen LogP contribution in [0, 0.1) is 0 Å². The van der Waals surface area contributed by atoms with Gasteiger partial charge in [-0.2, -0.15) is 0 Å². The van der Waals surface area contributed by atoms with Crippen LogP contribution in [0.3, 0.4) is 0 Å². The normalized spacial score (nSPS) is 16.5.